The van der Waals surface area contributed by atoms with E-state index in [4.69, 9.17) is 4.74 Å². The fourth-order valence-corrected chi connectivity index (χ4v) is 3.32. The van der Waals surface area contributed by atoms with Gasteiger partial charge < -0.3 is 4.74 Å². The van der Waals surface area contributed by atoms with Crippen molar-refractivity contribution in [3.8, 4) is 0 Å². The van der Waals surface area contributed by atoms with E-state index in [9.17, 15) is 4.79 Å². The van der Waals surface area contributed by atoms with Crippen molar-refractivity contribution in [3.05, 3.63) is 35.9 Å². The van der Waals surface area contributed by atoms with Crippen LogP contribution in [0.4, 0.5) is 0 Å². The molecule has 0 saturated heterocycles. The van der Waals surface area contributed by atoms with Gasteiger partial charge >= 0.3 is 5.97 Å². The van der Waals surface area contributed by atoms with Gasteiger partial charge in [-0.25, -0.2) is 0 Å². The van der Waals surface area contributed by atoms with Crippen molar-refractivity contribution in [1.29, 1.82) is 0 Å². The summed E-state index contributed by atoms with van der Waals surface area (Å²) in [6.07, 6.45) is 8.15. The Bertz CT molecular complexity index is 420. The van der Waals surface area contributed by atoms with Crippen LogP contribution < -0.4 is 0 Å². The van der Waals surface area contributed by atoms with E-state index in [1.807, 2.05) is 6.07 Å². The van der Waals surface area contributed by atoms with E-state index in [2.05, 4.69) is 24.3 Å². The lowest BCUT2D eigenvalue weighted by molar-refractivity contribution is -0.159. The summed E-state index contributed by atoms with van der Waals surface area (Å²) >= 11 is 0. The third kappa shape index (κ3) is 2.83. The van der Waals surface area contributed by atoms with E-state index in [-0.39, 0.29) is 18.0 Å². The van der Waals surface area contributed by atoms with Gasteiger partial charge in [0.15, 0.2) is 0 Å². The molecule has 0 N–H and O–H groups in total. The SMILES string of the molecule is O=C(OC1CCCCC1)[C@@H]1CCC1c1ccccc1. The minimum atomic E-state index is 0.0482. The summed E-state index contributed by atoms with van der Waals surface area (Å²) in [6, 6.07) is 10.4. The molecule has 0 aliphatic heterocycles. The van der Waals surface area contributed by atoms with Crippen LogP contribution in [0.25, 0.3) is 0 Å². The summed E-state index contributed by atoms with van der Waals surface area (Å²) in [7, 11) is 0. The molecule has 0 bridgehead atoms. The Kier molecular flexibility index (Phi) is 3.86. The number of carbonyl (C=O) groups excluding carboxylic acids is 1. The van der Waals surface area contributed by atoms with Gasteiger partial charge in [-0.3, -0.25) is 4.79 Å². The van der Waals surface area contributed by atoms with Crippen molar-refractivity contribution in [2.45, 2.75) is 57.0 Å². The van der Waals surface area contributed by atoms with Crippen LogP contribution >= 0.6 is 0 Å². The zero-order valence-electron chi connectivity index (χ0n) is 11.4. The van der Waals surface area contributed by atoms with Crippen LogP contribution in [0.3, 0.4) is 0 Å². The second kappa shape index (κ2) is 5.77. The number of rotatable bonds is 3. The quantitative estimate of drug-likeness (QED) is 0.764. The number of hydrogen-bond donors (Lipinski definition) is 0. The molecule has 3 rings (SSSR count). The summed E-state index contributed by atoms with van der Waals surface area (Å²) in [5.74, 6) is 0.536. The van der Waals surface area contributed by atoms with Gasteiger partial charge in [0.2, 0.25) is 0 Å². The number of carbonyl (C=O) groups is 1. The van der Waals surface area contributed by atoms with Gasteiger partial charge in [0.25, 0.3) is 0 Å². The minimum absolute atomic E-state index is 0.0482. The molecule has 0 heterocycles. The fraction of sp³-hybridized carbons (Fsp3) is 0.588. The third-order valence-corrected chi connectivity index (χ3v) is 4.64. The standard InChI is InChI=1S/C17H22O2/c18-17(19-14-9-5-2-6-10-14)16-12-11-15(16)13-7-3-1-4-8-13/h1,3-4,7-8,14-16H,2,5-6,9-12H2/t15?,16-/m1/s1. The van der Waals surface area contributed by atoms with Crippen LogP contribution in [0.5, 0.6) is 0 Å². The predicted octanol–water partition coefficient (Wildman–Crippen LogP) is 4.06. The van der Waals surface area contributed by atoms with E-state index < -0.39 is 0 Å². The Balaban J connectivity index is 1.58. The lowest BCUT2D eigenvalue weighted by Gasteiger charge is -2.36. The summed E-state index contributed by atoms with van der Waals surface area (Å²) in [6.45, 7) is 0. The topological polar surface area (TPSA) is 26.3 Å². The Morgan fingerprint density at radius 2 is 1.68 bits per heavy atom. The molecule has 0 aromatic heterocycles. The minimum Gasteiger partial charge on any atom is -0.462 e. The van der Waals surface area contributed by atoms with Crippen LogP contribution in [-0.2, 0) is 9.53 Å². The van der Waals surface area contributed by atoms with Crippen LogP contribution in [0, 0.1) is 5.92 Å². The lowest BCUT2D eigenvalue weighted by Crippen LogP contribution is -2.35. The highest BCUT2D eigenvalue weighted by Crippen LogP contribution is 2.43. The molecule has 2 aliphatic carbocycles. The molecule has 0 spiro atoms. The smallest absolute Gasteiger partial charge is 0.309 e. The molecule has 1 aromatic rings. The van der Waals surface area contributed by atoms with E-state index in [0.29, 0.717) is 5.92 Å². The number of benzene rings is 1. The van der Waals surface area contributed by atoms with Crippen LogP contribution in [0.15, 0.2) is 30.3 Å². The highest BCUT2D eigenvalue weighted by atomic mass is 16.5. The van der Waals surface area contributed by atoms with Gasteiger partial charge in [-0.2, -0.15) is 0 Å². The zero-order chi connectivity index (χ0) is 13.1. The Morgan fingerprint density at radius 1 is 0.947 bits per heavy atom. The molecule has 2 aliphatic rings. The Labute approximate surface area is 115 Å². The second-order valence-corrected chi connectivity index (χ2v) is 5.90. The Hall–Kier alpha value is -1.31. The maximum absolute atomic E-state index is 12.3. The molecule has 0 radical (unpaired) electrons. The first-order chi connectivity index (χ1) is 9.34. The monoisotopic (exact) mass is 258 g/mol. The van der Waals surface area contributed by atoms with E-state index in [1.165, 1.54) is 24.8 Å². The molecule has 0 amide bonds. The average Bonchev–Trinajstić information content (AvgIpc) is 2.39. The normalized spacial score (nSPS) is 27.6. The second-order valence-electron chi connectivity index (χ2n) is 5.90. The van der Waals surface area contributed by atoms with Gasteiger partial charge in [-0.05, 0) is 50.0 Å². The Morgan fingerprint density at radius 3 is 2.32 bits per heavy atom. The first-order valence-electron chi connectivity index (χ1n) is 7.60. The van der Waals surface area contributed by atoms with E-state index in [0.717, 1.165) is 25.7 Å². The molecule has 2 nitrogen and oxygen atoms in total. The predicted molar refractivity (Wildman–Crippen MR) is 74.9 cm³/mol. The van der Waals surface area contributed by atoms with Gasteiger partial charge in [0, 0.05) is 0 Å². The highest BCUT2D eigenvalue weighted by Gasteiger charge is 2.39. The van der Waals surface area contributed by atoms with Crippen molar-refractivity contribution in [3.63, 3.8) is 0 Å². The van der Waals surface area contributed by atoms with Crippen molar-refractivity contribution in [2.24, 2.45) is 5.92 Å². The molecule has 19 heavy (non-hydrogen) atoms. The third-order valence-electron chi connectivity index (χ3n) is 4.64. The molecule has 2 fully saturated rings. The summed E-state index contributed by atoms with van der Waals surface area (Å²) in [5, 5.41) is 0. The molecule has 1 unspecified atom stereocenters. The highest BCUT2D eigenvalue weighted by molar-refractivity contribution is 5.75. The van der Waals surface area contributed by atoms with Gasteiger partial charge in [-0.15, -0.1) is 0 Å². The largest absolute Gasteiger partial charge is 0.462 e. The van der Waals surface area contributed by atoms with Gasteiger partial charge in [0.1, 0.15) is 6.10 Å². The number of ether oxygens (including phenoxy) is 1. The molecule has 1 aromatic carbocycles. The first-order valence-corrected chi connectivity index (χ1v) is 7.60. The molecule has 102 valence electrons. The maximum Gasteiger partial charge on any atom is 0.309 e. The molecule has 2 saturated carbocycles. The average molecular weight is 258 g/mol. The molecular weight excluding hydrogens is 236 g/mol. The summed E-state index contributed by atoms with van der Waals surface area (Å²) in [5.41, 5.74) is 1.29. The van der Waals surface area contributed by atoms with E-state index in [1.54, 1.807) is 0 Å². The number of hydrogen-bond acceptors (Lipinski definition) is 2. The molecule has 2 heteroatoms. The van der Waals surface area contributed by atoms with E-state index >= 15 is 0 Å². The van der Waals surface area contributed by atoms with Gasteiger partial charge in [-0.1, -0.05) is 36.8 Å². The first kappa shape index (κ1) is 12.7. The van der Waals surface area contributed by atoms with Crippen molar-refractivity contribution < 1.29 is 9.53 Å². The fourth-order valence-electron chi connectivity index (χ4n) is 3.32. The van der Waals surface area contributed by atoms with Gasteiger partial charge in [0.05, 0.1) is 5.92 Å². The van der Waals surface area contributed by atoms with Crippen LogP contribution in [-0.4, -0.2) is 12.1 Å². The molecular formula is C17H22O2. The zero-order valence-corrected chi connectivity index (χ0v) is 11.4. The van der Waals surface area contributed by atoms with Crippen LogP contribution in [0.2, 0.25) is 0 Å². The summed E-state index contributed by atoms with van der Waals surface area (Å²) in [4.78, 5) is 12.3. The van der Waals surface area contributed by atoms with Crippen molar-refractivity contribution in [2.75, 3.05) is 0 Å². The van der Waals surface area contributed by atoms with Crippen molar-refractivity contribution >= 4 is 5.97 Å². The summed E-state index contributed by atoms with van der Waals surface area (Å²) < 4.78 is 5.71. The maximum atomic E-state index is 12.3. The van der Waals surface area contributed by atoms with Crippen LogP contribution in [0.1, 0.15) is 56.4 Å². The number of esters is 1. The van der Waals surface area contributed by atoms with Crippen molar-refractivity contribution in [1.82, 2.24) is 0 Å². The lowest BCUT2D eigenvalue weighted by atomic mass is 9.70. The molecule has 2 atom stereocenters.